The monoisotopic (exact) mass is 304 g/mol. The first-order chi connectivity index (χ1) is 9.93. The molecule has 3 N–H and O–H groups in total. The van der Waals surface area contributed by atoms with E-state index in [0.29, 0.717) is 32.4 Å². The van der Waals surface area contributed by atoms with Crippen molar-refractivity contribution in [3.05, 3.63) is 40.3 Å². The van der Waals surface area contributed by atoms with Crippen molar-refractivity contribution in [2.45, 2.75) is 13.8 Å². The van der Waals surface area contributed by atoms with Crippen LogP contribution in [0.4, 0.5) is 10.7 Å². The van der Waals surface area contributed by atoms with E-state index in [1.54, 1.807) is 38.3 Å². The van der Waals surface area contributed by atoms with Gasteiger partial charge in [-0.2, -0.15) is 0 Å². The normalized spacial score (nSPS) is 10.2. The minimum atomic E-state index is -0.320. The number of nitrogens with two attached hydrogens (primary N) is 1. The Kier molecular flexibility index (Phi) is 4.28. The lowest BCUT2D eigenvalue weighted by molar-refractivity contribution is 0.102. The molecule has 2 aromatic rings. The number of methoxy groups -OCH3 is 1. The molecular formula is C15H16N2O3S. The van der Waals surface area contributed by atoms with E-state index in [1.165, 1.54) is 6.92 Å². The Labute approximate surface area is 126 Å². The van der Waals surface area contributed by atoms with Gasteiger partial charge >= 0.3 is 0 Å². The van der Waals surface area contributed by atoms with Gasteiger partial charge in [-0.1, -0.05) is 0 Å². The van der Waals surface area contributed by atoms with Gasteiger partial charge in [-0.05, 0) is 43.7 Å². The molecule has 0 bridgehead atoms. The number of amides is 1. The highest BCUT2D eigenvalue weighted by molar-refractivity contribution is 7.18. The molecule has 0 aliphatic heterocycles. The Hall–Kier alpha value is -2.34. The van der Waals surface area contributed by atoms with Crippen LogP contribution in [0.1, 0.15) is 32.5 Å². The van der Waals surface area contributed by atoms with Gasteiger partial charge in [0.1, 0.15) is 5.75 Å². The lowest BCUT2D eigenvalue weighted by Crippen LogP contribution is -2.14. The van der Waals surface area contributed by atoms with E-state index in [9.17, 15) is 9.59 Å². The van der Waals surface area contributed by atoms with Crippen LogP contribution in [0.15, 0.2) is 24.3 Å². The fourth-order valence-corrected chi connectivity index (χ4v) is 2.99. The van der Waals surface area contributed by atoms with Gasteiger partial charge in [0.05, 0.1) is 22.6 Å². The van der Waals surface area contributed by atoms with Crippen LogP contribution in [0.3, 0.4) is 0 Å². The molecule has 0 aliphatic rings. The molecule has 2 rings (SSSR count). The van der Waals surface area contributed by atoms with E-state index >= 15 is 0 Å². The third kappa shape index (κ3) is 3.05. The summed E-state index contributed by atoms with van der Waals surface area (Å²) in [6.07, 6.45) is 0. The van der Waals surface area contributed by atoms with E-state index in [4.69, 9.17) is 10.5 Å². The molecule has 21 heavy (non-hydrogen) atoms. The molecule has 0 saturated carbocycles. The summed E-state index contributed by atoms with van der Waals surface area (Å²) in [6.45, 7) is 3.19. The molecule has 1 aromatic heterocycles. The maximum Gasteiger partial charge on any atom is 0.258 e. The van der Waals surface area contributed by atoms with Gasteiger partial charge in [-0.15, -0.1) is 11.3 Å². The predicted octanol–water partition coefficient (Wildman–Crippen LogP) is 3.10. The number of anilines is 2. The topological polar surface area (TPSA) is 81.4 Å². The molecule has 0 saturated heterocycles. The fraction of sp³-hybridized carbons (Fsp3) is 0.200. The van der Waals surface area contributed by atoms with Crippen molar-refractivity contribution in [3.63, 3.8) is 0 Å². The molecule has 1 amide bonds. The number of ether oxygens (including phenoxy) is 1. The van der Waals surface area contributed by atoms with Crippen LogP contribution in [0.5, 0.6) is 5.75 Å². The van der Waals surface area contributed by atoms with Crippen molar-refractivity contribution in [2.24, 2.45) is 0 Å². The highest BCUT2D eigenvalue weighted by atomic mass is 32.1. The molecule has 0 atom stereocenters. The number of thiophene rings is 1. The maximum absolute atomic E-state index is 12.3. The number of rotatable bonds is 4. The highest BCUT2D eigenvalue weighted by Gasteiger charge is 2.21. The number of benzene rings is 1. The van der Waals surface area contributed by atoms with Crippen LogP contribution >= 0.6 is 11.3 Å². The fourth-order valence-electron chi connectivity index (χ4n) is 2.02. The number of hydrogen-bond donors (Lipinski definition) is 2. The summed E-state index contributed by atoms with van der Waals surface area (Å²) in [7, 11) is 1.58. The maximum atomic E-state index is 12.3. The third-order valence-corrected chi connectivity index (χ3v) is 4.29. The Balaban J connectivity index is 2.26. The largest absolute Gasteiger partial charge is 0.497 e. The molecule has 5 nitrogen and oxygen atoms in total. The first-order valence-corrected chi connectivity index (χ1v) is 7.11. The second-order valence-corrected chi connectivity index (χ2v) is 5.59. The van der Waals surface area contributed by atoms with E-state index < -0.39 is 0 Å². The van der Waals surface area contributed by atoms with Gasteiger partial charge in [-0.25, -0.2) is 0 Å². The second-order valence-electron chi connectivity index (χ2n) is 4.53. The van der Waals surface area contributed by atoms with E-state index in [2.05, 4.69) is 5.32 Å². The lowest BCUT2D eigenvalue weighted by Gasteiger charge is -2.07. The van der Waals surface area contributed by atoms with Crippen molar-refractivity contribution < 1.29 is 14.3 Å². The average molecular weight is 304 g/mol. The summed E-state index contributed by atoms with van der Waals surface area (Å²) in [5.74, 6) is 0.296. The standard InChI is InChI=1S/C15H16N2O3S/c1-8-12(14(16)21-13(8)9(2)18)15(19)17-10-4-6-11(20-3)7-5-10/h4-7H,16H2,1-3H3,(H,17,19). The van der Waals surface area contributed by atoms with E-state index in [-0.39, 0.29) is 11.7 Å². The minimum absolute atomic E-state index is 0.0901. The number of ketones is 1. The number of Topliss-reactive ketones (excluding diaryl/α,β-unsaturated/α-hetero) is 1. The number of hydrogen-bond acceptors (Lipinski definition) is 5. The SMILES string of the molecule is COc1ccc(NC(=O)c2c(N)sc(C(C)=O)c2C)cc1. The van der Waals surface area contributed by atoms with Gasteiger partial charge in [0.15, 0.2) is 5.78 Å². The summed E-state index contributed by atoms with van der Waals surface area (Å²) in [5.41, 5.74) is 7.48. The number of nitrogen functional groups attached to an aromatic ring is 1. The van der Waals surface area contributed by atoms with Crippen molar-refractivity contribution in [1.29, 1.82) is 0 Å². The first kappa shape index (κ1) is 15.1. The molecule has 1 aromatic carbocycles. The van der Waals surface area contributed by atoms with Crippen molar-refractivity contribution in [3.8, 4) is 5.75 Å². The van der Waals surface area contributed by atoms with Crippen LogP contribution in [-0.2, 0) is 0 Å². The molecule has 110 valence electrons. The minimum Gasteiger partial charge on any atom is -0.497 e. The molecule has 1 heterocycles. The summed E-state index contributed by atoms with van der Waals surface area (Å²) in [4.78, 5) is 24.3. The lowest BCUT2D eigenvalue weighted by atomic mass is 10.1. The summed E-state index contributed by atoms with van der Waals surface area (Å²) >= 11 is 1.14. The third-order valence-electron chi connectivity index (χ3n) is 3.07. The Bertz CT molecular complexity index is 690. The summed E-state index contributed by atoms with van der Waals surface area (Å²) in [5, 5.41) is 3.11. The zero-order valence-corrected chi connectivity index (χ0v) is 12.8. The van der Waals surface area contributed by atoms with E-state index in [1.807, 2.05) is 0 Å². The average Bonchev–Trinajstić information content (AvgIpc) is 2.75. The molecule has 0 fully saturated rings. The summed E-state index contributed by atoms with van der Waals surface area (Å²) < 4.78 is 5.06. The van der Waals surface area contributed by atoms with Crippen LogP contribution < -0.4 is 15.8 Å². The van der Waals surface area contributed by atoms with Gasteiger partial charge in [0.2, 0.25) is 0 Å². The molecule has 0 spiro atoms. The van der Waals surface area contributed by atoms with Gasteiger partial charge < -0.3 is 15.8 Å². The smallest absolute Gasteiger partial charge is 0.258 e. The van der Waals surface area contributed by atoms with Crippen LogP contribution in [-0.4, -0.2) is 18.8 Å². The first-order valence-electron chi connectivity index (χ1n) is 6.29. The quantitative estimate of drug-likeness (QED) is 0.850. The van der Waals surface area contributed by atoms with Gasteiger partial charge in [-0.3, -0.25) is 9.59 Å². The van der Waals surface area contributed by atoms with Crippen LogP contribution in [0.25, 0.3) is 0 Å². The van der Waals surface area contributed by atoms with Crippen molar-refractivity contribution >= 4 is 33.7 Å². The number of nitrogens with one attached hydrogen (secondary N) is 1. The zero-order chi connectivity index (χ0) is 15.6. The highest BCUT2D eigenvalue weighted by Crippen LogP contribution is 2.31. The van der Waals surface area contributed by atoms with Gasteiger partial charge in [0, 0.05) is 5.69 Å². The number of carbonyl (C=O) groups is 2. The Morgan fingerprint density at radius 3 is 2.33 bits per heavy atom. The number of carbonyl (C=O) groups excluding carboxylic acids is 2. The molecule has 0 radical (unpaired) electrons. The Morgan fingerprint density at radius 2 is 1.86 bits per heavy atom. The summed E-state index contributed by atoms with van der Waals surface area (Å²) in [6, 6.07) is 6.97. The van der Waals surface area contributed by atoms with Gasteiger partial charge in [0.25, 0.3) is 5.91 Å². The molecular weight excluding hydrogens is 288 g/mol. The zero-order valence-electron chi connectivity index (χ0n) is 12.0. The molecule has 0 unspecified atom stereocenters. The van der Waals surface area contributed by atoms with E-state index in [0.717, 1.165) is 11.3 Å². The molecule has 0 aliphatic carbocycles. The van der Waals surface area contributed by atoms with Crippen molar-refractivity contribution in [1.82, 2.24) is 0 Å². The Morgan fingerprint density at radius 1 is 1.24 bits per heavy atom. The predicted molar refractivity (Wildman–Crippen MR) is 84.4 cm³/mol. The van der Waals surface area contributed by atoms with Crippen LogP contribution in [0.2, 0.25) is 0 Å². The molecule has 6 heteroatoms. The second kappa shape index (κ2) is 5.97. The van der Waals surface area contributed by atoms with Crippen molar-refractivity contribution in [2.75, 3.05) is 18.2 Å². The van der Waals surface area contributed by atoms with Crippen LogP contribution in [0, 0.1) is 6.92 Å².